The molecular formula is C23H25ClN2O4S2. The molecule has 0 bridgehead atoms. The Balaban J connectivity index is 1.62. The van der Waals surface area contributed by atoms with Crippen LogP contribution in [-0.4, -0.2) is 33.2 Å². The maximum atomic E-state index is 13.3. The zero-order valence-electron chi connectivity index (χ0n) is 17.7. The van der Waals surface area contributed by atoms with E-state index in [4.69, 9.17) is 16.0 Å². The molecule has 170 valence electrons. The second-order valence-corrected chi connectivity index (χ2v) is 10.5. The maximum Gasteiger partial charge on any atom is 0.264 e. The topological polar surface area (TPSA) is 79.6 Å². The molecule has 0 aliphatic heterocycles. The number of hydrogen-bond donors (Lipinski definition) is 1. The summed E-state index contributed by atoms with van der Waals surface area (Å²) in [5, 5.41) is 3.26. The molecule has 2 aromatic carbocycles. The Bertz CT molecular complexity index is 1120. The fraction of sp³-hybridized carbons (Fsp3) is 0.261. The Labute approximate surface area is 198 Å². The maximum absolute atomic E-state index is 13.3. The molecular weight excluding hydrogens is 468 g/mol. The highest BCUT2D eigenvalue weighted by atomic mass is 35.5. The van der Waals surface area contributed by atoms with Crippen molar-refractivity contribution in [1.82, 2.24) is 5.32 Å². The van der Waals surface area contributed by atoms with Crippen LogP contribution in [-0.2, 0) is 20.6 Å². The molecule has 0 radical (unpaired) electrons. The van der Waals surface area contributed by atoms with E-state index < -0.39 is 10.0 Å². The van der Waals surface area contributed by atoms with Crippen molar-refractivity contribution in [1.29, 1.82) is 0 Å². The summed E-state index contributed by atoms with van der Waals surface area (Å²) in [6.45, 7) is 2.03. The summed E-state index contributed by atoms with van der Waals surface area (Å²) in [4.78, 5) is 12.7. The van der Waals surface area contributed by atoms with E-state index in [-0.39, 0.29) is 17.3 Å². The van der Waals surface area contributed by atoms with Gasteiger partial charge in [0.05, 0.1) is 22.6 Å². The smallest absolute Gasteiger partial charge is 0.264 e. The largest absolute Gasteiger partial charge is 0.468 e. The fourth-order valence-corrected chi connectivity index (χ4v) is 5.38. The van der Waals surface area contributed by atoms with Crippen molar-refractivity contribution in [3.63, 3.8) is 0 Å². The number of carbonyl (C=O) groups is 1. The summed E-state index contributed by atoms with van der Waals surface area (Å²) in [6.07, 6.45) is 2.42. The van der Waals surface area contributed by atoms with Crippen LogP contribution in [0, 0.1) is 6.92 Å². The number of rotatable bonds is 11. The van der Waals surface area contributed by atoms with Crippen LogP contribution in [0.2, 0.25) is 5.02 Å². The van der Waals surface area contributed by atoms with Crippen molar-refractivity contribution in [2.24, 2.45) is 0 Å². The van der Waals surface area contributed by atoms with Crippen LogP contribution in [0.5, 0.6) is 0 Å². The number of anilines is 1. The molecule has 0 aliphatic rings. The quantitative estimate of drug-likeness (QED) is 0.386. The van der Waals surface area contributed by atoms with E-state index in [1.54, 1.807) is 36.2 Å². The monoisotopic (exact) mass is 492 g/mol. The normalized spacial score (nSPS) is 11.3. The third kappa shape index (κ3) is 6.79. The van der Waals surface area contributed by atoms with E-state index in [0.29, 0.717) is 17.3 Å². The Morgan fingerprint density at radius 2 is 1.91 bits per heavy atom. The minimum Gasteiger partial charge on any atom is -0.468 e. The SMILES string of the molecule is Cc1cccc(N(CC(=O)NCCCSCc2ccco2)S(=O)(=O)c2ccc(Cl)cc2)c1. The van der Waals surface area contributed by atoms with Crippen molar-refractivity contribution in [2.45, 2.75) is 24.0 Å². The number of nitrogens with zero attached hydrogens (tertiary/aromatic N) is 1. The third-order valence-electron chi connectivity index (χ3n) is 4.59. The molecule has 0 aliphatic carbocycles. The third-order valence-corrected chi connectivity index (χ3v) is 7.70. The first-order chi connectivity index (χ1) is 15.4. The van der Waals surface area contributed by atoms with Gasteiger partial charge in [-0.3, -0.25) is 9.10 Å². The Morgan fingerprint density at radius 3 is 2.59 bits per heavy atom. The van der Waals surface area contributed by atoms with E-state index in [2.05, 4.69) is 5.32 Å². The number of furan rings is 1. The van der Waals surface area contributed by atoms with Gasteiger partial charge in [0.2, 0.25) is 5.91 Å². The van der Waals surface area contributed by atoms with E-state index in [1.165, 1.54) is 24.3 Å². The first-order valence-electron chi connectivity index (χ1n) is 10.1. The van der Waals surface area contributed by atoms with Crippen LogP contribution >= 0.6 is 23.4 Å². The minimum atomic E-state index is -3.95. The number of nitrogens with one attached hydrogen (secondary N) is 1. The van der Waals surface area contributed by atoms with Crippen LogP contribution in [0.25, 0.3) is 0 Å². The van der Waals surface area contributed by atoms with Crippen LogP contribution in [0.3, 0.4) is 0 Å². The zero-order chi connectivity index (χ0) is 23.0. The van der Waals surface area contributed by atoms with Crippen LogP contribution in [0.15, 0.2) is 76.2 Å². The van der Waals surface area contributed by atoms with Gasteiger partial charge in [0.25, 0.3) is 10.0 Å². The number of sulfonamides is 1. The van der Waals surface area contributed by atoms with Crippen molar-refractivity contribution >= 4 is 45.0 Å². The lowest BCUT2D eigenvalue weighted by atomic mass is 10.2. The van der Waals surface area contributed by atoms with E-state index in [1.807, 2.05) is 25.1 Å². The Morgan fingerprint density at radius 1 is 1.12 bits per heavy atom. The molecule has 1 N–H and O–H groups in total. The second-order valence-electron chi connectivity index (χ2n) is 7.14. The van der Waals surface area contributed by atoms with Gasteiger partial charge in [-0.15, -0.1) is 0 Å². The summed E-state index contributed by atoms with van der Waals surface area (Å²) in [6, 6.07) is 16.8. The van der Waals surface area contributed by atoms with Crippen molar-refractivity contribution in [3.05, 3.63) is 83.3 Å². The molecule has 3 rings (SSSR count). The minimum absolute atomic E-state index is 0.0746. The lowest BCUT2D eigenvalue weighted by Gasteiger charge is -2.24. The van der Waals surface area contributed by atoms with Gasteiger partial charge in [-0.25, -0.2) is 8.42 Å². The number of hydrogen-bond acceptors (Lipinski definition) is 5. The molecule has 9 heteroatoms. The number of carbonyl (C=O) groups excluding carboxylic acids is 1. The lowest BCUT2D eigenvalue weighted by molar-refractivity contribution is -0.119. The highest BCUT2D eigenvalue weighted by Crippen LogP contribution is 2.25. The Hall–Kier alpha value is -2.42. The van der Waals surface area contributed by atoms with Gasteiger partial charge in [0, 0.05) is 11.6 Å². The van der Waals surface area contributed by atoms with Crippen molar-refractivity contribution in [2.75, 3.05) is 23.1 Å². The Kier molecular flexibility index (Phi) is 8.67. The molecule has 0 fully saturated rings. The first kappa shape index (κ1) is 24.2. The average molecular weight is 493 g/mol. The van der Waals surface area contributed by atoms with Crippen LogP contribution in [0.4, 0.5) is 5.69 Å². The summed E-state index contributed by atoms with van der Waals surface area (Å²) in [7, 11) is -3.95. The highest BCUT2D eigenvalue weighted by molar-refractivity contribution is 7.98. The lowest BCUT2D eigenvalue weighted by Crippen LogP contribution is -2.41. The predicted octanol–water partition coefficient (Wildman–Crippen LogP) is 4.88. The first-order valence-corrected chi connectivity index (χ1v) is 13.1. The summed E-state index contributed by atoms with van der Waals surface area (Å²) in [5.41, 5.74) is 1.33. The van der Waals surface area contributed by atoms with Crippen molar-refractivity contribution in [3.8, 4) is 0 Å². The molecule has 0 saturated carbocycles. The molecule has 6 nitrogen and oxygen atoms in total. The average Bonchev–Trinajstić information content (AvgIpc) is 3.28. The molecule has 1 amide bonds. The summed E-state index contributed by atoms with van der Waals surface area (Å²) < 4.78 is 33.0. The molecule has 1 heterocycles. The number of thioether (sulfide) groups is 1. The van der Waals surface area contributed by atoms with Gasteiger partial charge < -0.3 is 9.73 Å². The molecule has 1 aromatic heterocycles. The molecule has 32 heavy (non-hydrogen) atoms. The highest BCUT2D eigenvalue weighted by Gasteiger charge is 2.27. The number of amides is 1. The predicted molar refractivity (Wildman–Crippen MR) is 130 cm³/mol. The van der Waals surface area contributed by atoms with Crippen LogP contribution < -0.4 is 9.62 Å². The standard InChI is InChI=1S/C23H25ClN2O4S2/c1-18-5-2-6-20(15-18)26(32(28,29)22-10-8-19(24)9-11-22)16-23(27)25-12-4-14-31-17-21-7-3-13-30-21/h2-3,5-11,13,15H,4,12,14,16-17H2,1H3,(H,25,27). The molecule has 0 spiro atoms. The number of halogens is 1. The van der Waals surface area contributed by atoms with Gasteiger partial charge in [0.1, 0.15) is 12.3 Å². The van der Waals surface area contributed by atoms with Gasteiger partial charge in [-0.1, -0.05) is 23.7 Å². The van der Waals surface area contributed by atoms with E-state index >= 15 is 0 Å². The summed E-state index contributed by atoms with van der Waals surface area (Å²) >= 11 is 7.62. The number of benzene rings is 2. The van der Waals surface area contributed by atoms with Gasteiger partial charge in [-0.2, -0.15) is 11.8 Å². The van der Waals surface area contributed by atoms with Gasteiger partial charge >= 0.3 is 0 Å². The molecule has 0 unspecified atom stereocenters. The van der Waals surface area contributed by atoms with Crippen molar-refractivity contribution < 1.29 is 17.6 Å². The van der Waals surface area contributed by atoms with E-state index in [0.717, 1.165) is 33.6 Å². The van der Waals surface area contributed by atoms with Gasteiger partial charge in [0.15, 0.2) is 0 Å². The fourth-order valence-electron chi connectivity index (χ4n) is 2.99. The summed E-state index contributed by atoms with van der Waals surface area (Å²) in [5.74, 6) is 2.19. The van der Waals surface area contributed by atoms with Gasteiger partial charge in [-0.05, 0) is 73.2 Å². The zero-order valence-corrected chi connectivity index (χ0v) is 20.0. The second kappa shape index (κ2) is 11.4. The molecule has 0 saturated heterocycles. The molecule has 3 aromatic rings. The molecule has 0 atom stereocenters. The number of aryl methyl sites for hydroxylation is 1. The van der Waals surface area contributed by atoms with Crippen LogP contribution in [0.1, 0.15) is 17.7 Å². The van der Waals surface area contributed by atoms with E-state index in [9.17, 15) is 13.2 Å².